The van der Waals surface area contributed by atoms with Gasteiger partial charge in [-0.15, -0.1) is 0 Å². The Labute approximate surface area is 112 Å². The van der Waals surface area contributed by atoms with Crippen LogP contribution in [0.1, 0.15) is 58.3 Å². The molecule has 0 aromatic rings. The van der Waals surface area contributed by atoms with Crippen molar-refractivity contribution in [3.63, 3.8) is 0 Å². The molecule has 1 saturated carbocycles. The van der Waals surface area contributed by atoms with Crippen LogP contribution in [-0.2, 0) is 4.74 Å². The van der Waals surface area contributed by atoms with Gasteiger partial charge in [-0.25, -0.2) is 0 Å². The molecule has 1 aliphatic heterocycles. The van der Waals surface area contributed by atoms with Crippen LogP contribution >= 0.6 is 0 Å². The average Bonchev–Trinajstić information content (AvgIpc) is 2.92. The monoisotopic (exact) mass is 254 g/mol. The molecule has 2 aliphatic rings. The van der Waals surface area contributed by atoms with Gasteiger partial charge in [-0.05, 0) is 39.2 Å². The van der Waals surface area contributed by atoms with Crippen LogP contribution in [0.5, 0.6) is 0 Å². The van der Waals surface area contributed by atoms with Gasteiger partial charge in [0.05, 0.1) is 6.10 Å². The Bertz CT molecular complexity index is 251. The molecule has 2 unspecified atom stereocenters. The van der Waals surface area contributed by atoms with E-state index in [0.29, 0.717) is 6.10 Å². The fourth-order valence-corrected chi connectivity index (χ4v) is 3.84. The van der Waals surface area contributed by atoms with E-state index in [9.17, 15) is 0 Å². The van der Waals surface area contributed by atoms with E-state index in [1.807, 2.05) is 0 Å². The van der Waals surface area contributed by atoms with E-state index in [1.165, 1.54) is 38.5 Å². The van der Waals surface area contributed by atoms with Gasteiger partial charge in [-0.1, -0.05) is 26.2 Å². The molecular weight excluding hydrogens is 224 g/mol. The van der Waals surface area contributed by atoms with Gasteiger partial charge in [0.25, 0.3) is 0 Å². The summed E-state index contributed by atoms with van der Waals surface area (Å²) < 4.78 is 5.91. The van der Waals surface area contributed by atoms with Crippen molar-refractivity contribution in [1.82, 2.24) is 4.90 Å². The molecule has 3 nitrogen and oxygen atoms in total. The van der Waals surface area contributed by atoms with Gasteiger partial charge in [0.1, 0.15) is 0 Å². The topological polar surface area (TPSA) is 38.5 Å². The van der Waals surface area contributed by atoms with Crippen molar-refractivity contribution in [2.75, 3.05) is 20.2 Å². The van der Waals surface area contributed by atoms with Gasteiger partial charge in [0.2, 0.25) is 0 Å². The number of rotatable bonds is 5. The van der Waals surface area contributed by atoms with E-state index in [-0.39, 0.29) is 5.54 Å². The molecular formula is C15H30N2O. The predicted octanol–water partition coefficient (Wildman–Crippen LogP) is 2.54. The van der Waals surface area contributed by atoms with E-state index < -0.39 is 0 Å². The molecule has 0 spiro atoms. The number of hydrogen-bond acceptors (Lipinski definition) is 3. The Hall–Kier alpha value is -0.120. The summed E-state index contributed by atoms with van der Waals surface area (Å²) in [4.78, 5) is 2.62. The molecule has 2 atom stereocenters. The van der Waals surface area contributed by atoms with Gasteiger partial charge < -0.3 is 10.5 Å². The maximum atomic E-state index is 6.17. The molecule has 18 heavy (non-hydrogen) atoms. The molecule has 1 aliphatic carbocycles. The number of hydrogen-bond donors (Lipinski definition) is 1. The first-order valence-corrected chi connectivity index (χ1v) is 7.76. The predicted molar refractivity (Wildman–Crippen MR) is 75.7 cm³/mol. The minimum Gasteiger partial charge on any atom is -0.378 e. The lowest BCUT2D eigenvalue weighted by Crippen LogP contribution is -2.59. The molecule has 106 valence electrons. The molecule has 2 rings (SSSR count). The number of nitrogens with two attached hydrogens (primary N) is 1. The Morgan fingerprint density at radius 1 is 1.33 bits per heavy atom. The Kier molecular flexibility index (Phi) is 5.05. The van der Waals surface area contributed by atoms with E-state index >= 15 is 0 Å². The van der Waals surface area contributed by atoms with Crippen molar-refractivity contribution in [3.8, 4) is 0 Å². The summed E-state index contributed by atoms with van der Waals surface area (Å²) in [5.74, 6) is 0. The molecule has 0 aromatic heterocycles. The fraction of sp³-hybridized carbons (Fsp3) is 1.00. The van der Waals surface area contributed by atoms with Gasteiger partial charge in [0, 0.05) is 24.7 Å². The summed E-state index contributed by atoms with van der Waals surface area (Å²) in [6, 6.07) is 0.758. The zero-order valence-electron chi connectivity index (χ0n) is 12.2. The van der Waals surface area contributed by atoms with Crippen LogP contribution in [0.25, 0.3) is 0 Å². The van der Waals surface area contributed by atoms with Crippen molar-refractivity contribution >= 4 is 0 Å². The molecule has 2 N–H and O–H groups in total. The highest BCUT2D eigenvalue weighted by Crippen LogP contribution is 2.36. The normalized spacial score (nSPS) is 34.3. The summed E-state index contributed by atoms with van der Waals surface area (Å²) in [5.41, 5.74) is 6.37. The highest BCUT2D eigenvalue weighted by Gasteiger charge is 2.41. The Morgan fingerprint density at radius 2 is 2.06 bits per heavy atom. The lowest BCUT2D eigenvalue weighted by atomic mass is 9.82. The lowest BCUT2D eigenvalue weighted by molar-refractivity contribution is -0.0770. The van der Waals surface area contributed by atoms with E-state index in [2.05, 4.69) is 18.9 Å². The van der Waals surface area contributed by atoms with Crippen molar-refractivity contribution in [3.05, 3.63) is 0 Å². The zero-order chi connectivity index (χ0) is 13.0. The number of ether oxygens (including phenoxy) is 1. The van der Waals surface area contributed by atoms with Gasteiger partial charge in [0.15, 0.2) is 0 Å². The summed E-state index contributed by atoms with van der Waals surface area (Å²) in [7, 11) is 2.30. The SMILES string of the molecule is CCCC1CC(CN)(N(C)C2CCCC2)CCO1. The van der Waals surface area contributed by atoms with Crippen LogP contribution in [0.4, 0.5) is 0 Å². The highest BCUT2D eigenvalue weighted by atomic mass is 16.5. The van der Waals surface area contributed by atoms with E-state index in [0.717, 1.165) is 32.0 Å². The molecule has 0 radical (unpaired) electrons. The average molecular weight is 254 g/mol. The maximum absolute atomic E-state index is 6.17. The second kappa shape index (κ2) is 6.36. The van der Waals surface area contributed by atoms with Gasteiger partial charge in [-0.2, -0.15) is 0 Å². The van der Waals surface area contributed by atoms with Crippen LogP contribution in [-0.4, -0.2) is 42.8 Å². The first-order valence-electron chi connectivity index (χ1n) is 7.76. The molecule has 1 heterocycles. The number of likely N-dealkylation sites (N-methyl/N-ethyl adjacent to an activating group) is 1. The Morgan fingerprint density at radius 3 is 2.67 bits per heavy atom. The third kappa shape index (κ3) is 2.89. The lowest BCUT2D eigenvalue weighted by Gasteiger charge is -2.49. The van der Waals surface area contributed by atoms with Crippen LogP contribution in [0, 0.1) is 0 Å². The second-order valence-corrected chi connectivity index (χ2v) is 6.21. The van der Waals surface area contributed by atoms with Gasteiger partial charge in [-0.3, -0.25) is 4.90 Å². The minimum absolute atomic E-state index is 0.201. The van der Waals surface area contributed by atoms with Crippen molar-refractivity contribution in [2.45, 2.75) is 76.0 Å². The van der Waals surface area contributed by atoms with Crippen molar-refractivity contribution in [2.24, 2.45) is 5.73 Å². The van der Waals surface area contributed by atoms with E-state index in [4.69, 9.17) is 10.5 Å². The van der Waals surface area contributed by atoms with Crippen LogP contribution in [0.3, 0.4) is 0 Å². The summed E-state index contributed by atoms with van der Waals surface area (Å²) in [5, 5.41) is 0. The molecule has 3 heteroatoms. The van der Waals surface area contributed by atoms with Crippen molar-refractivity contribution < 1.29 is 4.74 Å². The molecule has 0 bridgehead atoms. The summed E-state index contributed by atoms with van der Waals surface area (Å²) in [6.45, 7) is 3.91. The quantitative estimate of drug-likeness (QED) is 0.819. The maximum Gasteiger partial charge on any atom is 0.0593 e. The smallest absolute Gasteiger partial charge is 0.0593 e. The first kappa shape index (κ1) is 14.3. The summed E-state index contributed by atoms with van der Waals surface area (Å²) in [6.07, 6.45) is 10.6. The highest BCUT2D eigenvalue weighted by molar-refractivity contribution is 4.98. The largest absolute Gasteiger partial charge is 0.378 e. The first-order chi connectivity index (χ1) is 8.72. The molecule has 0 amide bonds. The third-order valence-corrected chi connectivity index (χ3v) is 5.14. The van der Waals surface area contributed by atoms with Crippen LogP contribution < -0.4 is 5.73 Å². The van der Waals surface area contributed by atoms with Crippen molar-refractivity contribution in [1.29, 1.82) is 0 Å². The molecule has 1 saturated heterocycles. The van der Waals surface area contributed by atoms with Crippen LogP contribution in [0.15, 0.2) is 0 Å². The molecule has 2 fully saturated rings. The number of nitrogens with zero attached hydrogens (tertiary/aromatic N) is 1. The minimum atomic E-state index is 0.201. The Balaban J connectivity index is 2.03. The fourth-order valence-electron chi connectivity index (χ4n) is 3.84. The third-order valence-electron chi connectivity index (χ3n) is 5.14. The van der Waals surface area contributed by atoms with E-state index in [1.54, 1.807) is 0 Å². The zero-order valence-corrected chi connectivity index (χ0v) is 12.2. The van der Waals surface area contributed by atoms with Crippen LogP contribution in [0.2, 0.25) is 0 Å². The summed E-state index contributed by atoms with van der Waals surface area (Å²) >= 11 is 0. The molecule has 0 aromatic carbocycles. The standard InChI is InChI=1S/C15H30N2O/c1-3-6-14-11-15(12-16,9-10-18-14)17(2)13-7-4-5-8-13/h13-14H,3-12,16H2,1-2H3. The van der Waals surface area contributed by atoms with Gasteiger partial charge >= 0.3 is 0 Å². The second-order valence-electron chi connectivity index (χ2n) is 6.21.